The van der Waals surface area contributed by atoms with E-state index in [1.165, 1.54) is 19.1 Å². The van der Waals surface area contributed by atoms with E-state index in [1.54, 1.807) is 9.13 Å². The van der Waals surface area contributed by atoms with Gasteiger partial charge in [0.1, 0.15) is 0 Å². The van der Waals surface area contributed by atoms with E-state index in [1.807, 2.05) is 0 Å². The smallest absolute Gasteiger partial charge is 0.381 e. The van der Waals surface area contributed by atoms with Gasteiger partial charge < -0.3 is 24.3 Å². The number of rotatable bonds is 4. The molecule has 0 spiro atoms. The number of nitrogens with zero attached hydrogens (tertiary/aromatic N) is 4. The Balaban J connectivity index is 0.000000210. The molecule has 2 aromatic heterocycles. The molecule has 0 atom stereocenters. The number of aromatic amines is 2. The van der Waals surface area contributed by atoms with Crippen LogP contribution in [0.25, 0.3) is 22.1 Å². The van der Waals surface area contributed by atoms with Gasteiger partial charge in [-0.2, -0.15) is 26.3 Å². The number of alkyl halides is 6. The van der Waals surface area contributed by atoms with Crippen LogP contribution in [0.2, 0.25) is 5.02 Å². The Morgan fingerprint density at radius 3 is 1.63 bits per heavy atom. The van der Waals surface area contributed by atoms with Crippen molar-refractivity contribution in [2.24, 2.45) is 0 Å². The topological polar surface area (TPSA) is 101 Å². The normalized spacial score (nSPS) is 20.9. The van der Waals surface area contributed by atoms with Crippen molar-refractivity contribution in [3.8, 4) is 0 Å². The van der Waals surface area contributed by atoms with Crippen molar-refractivity contribution in [3.05, 3.63) is 66.9 Å². The van der Waals surface area contributed by atoms with Crippen LogP contribution in [0.4, 0.5) is 26.3 Å². The summed E-state index contributed by atoms with van der Waals surface area (Å²) in [7, 11) is 0. The third-order valence-electron chi connectivity index (χ3n) is 12.2. The number of ether oxygens (including phenoxy) is 2. The molecule has 4 fully saturated rings. The molecule has 0 aliphatic carbocycles. The largest absolute Gasteiger partial charge is 0.417 e. The van der Waals surface area contributed by atoms with Crippen LogP contribution in [-0.2, 0) is 21.8 Å². The minimum absolute atomic E-state index is 0. The molecule has 4 aliphatic heterocycles. The van der Waals surface area contributed by atoms with Gasteiger partial charge >= 0.3 is 23.7 Å². The molecule has 0 amide bonds. The van der Waals surface area contributed by atoms with Crippen LogP contribution in [0.5, 0.6) is 0 Å². The van der Waals surface area contributed by atoms with E-state index in [9.17, 15) is 35.9 Å². The summed E-state index contributed by atoms with van der Waals surface area (Å²) < 4.78 is 92.9. The second kappa shape index (κ2) is 17.9. The molecule has 2 aromatic carbocycles. The molecule has 19 heteroatoms. The Kier molecular flexibility index (Phi) is 14.2. The van der Waals surface area contributed by atoms with Crippen molar-refractivity contribution in [3.63, 3.8) is 0 Å². The number of fused-ring (bicyclic) bond motifs is 2. The van der Waals surface area contributed by atoms with Crippen molar-refractivity contribution in [1.29, 1.82) is 0 Å². The first-order valence-electron chi connectivity index (χ1n) is 19.0. The second-order valence-electron chi connectivity index (χ2n) is 15.6. The van der Waals surface area contributed by atoms with E-state index in [-0.39, 0.29) is 75.4 Å². The molecule has 0 unspecified atom stereocenters. The Hall–Kier alpha value is -2.73. The fourth-order valence-electron chi connectivity index (χ4n) is 9.02. The van der Waals surface area contributed by atoms with Gasteiger partial charge in [0.15, 0.2) is 0 Å². The maximum absolute atomic E-state index is 13.1. The van der Waals surface area contributed by atoms with Gasteiger partial charge in [0, 0.05) is 76.3 Å². The van der Waals surface area contributed by atoms with E-state index in [0.717, 1.165) is 116 Å². The zero-order chi connectivity index (χ0) is 39.3. The number of hydrogen-bond acceptors (Lipinski definition) is 6. The Bertz CT molecular complexity index is 2100. The van der Waals surface area contributed by atoms with Gasteiger partial charge in [0.05, 0.1) is 38.2 Å². The Morgan fingerprint density at radius 1 is 0.667 bits per heavy atom. The quantitative estimate of drug-likeness (QED) is 0.200. The fraction of sp³-hybridized carbons (Fsp3) is 0.632. The van der Waals surface area contributed by atoms with Crippen molar-refractivity contribution in [2.45, 2.75) is 101 Å². The van der Waals surface area contributed by atoms with Crippen molar-refractivity contribution < 1.29 is 35.8 Å². The maximum atomic E-state index is 13.1. The van der Waals surface area contributed by atoms with Crippen molar-refractivity contribution in [1.82, 2.24) is 28.9 Å². The van der Waals surface area contributed by atoms with E-state index in [0.29, 0.717) is 17.1 Å². The summed E-state index contributed by atoms with van der Waals surface area (Å²) in [6.45, 7) is 10.3. The molecule has 0 bridgehead atoms. The van der Waals surface area contributed by atoms with Crippen molar-refractivity contribution in [2.75, 3.05) is 52.6 Å². The van der Waals surface area contributed by atoms with Crippen LogP contribution in [0.1, 0.15) is 87.1 Å². The highest BCUT2D eigenvalue weighted by Crippen LogP contribution is 2.39. The van der Waals surface area contributed by atoms with Crippen LogP contribution in [-0.4, -0.2) is 93.1 Å². The molecule has 8 rings (SSSR count). The SMILES string of the molecule is CC1(N2CCC(n3c(=O)[nH]c4cc(C(F)(F)F)c(Cl)cc43)CC2)CCOCC1.Cc1cc2c(cc1C(F)(F)F)[nH]c(=O)n2C1CCN(C2CCOCC2)CC1.Cl.Cl. The number of piperidine rings is 2. The number of halogens is 9. The van der Waals surface area contributed by atoms with Gasteiger partial charge in [-0.25, -0.2) is 9.59 Å². The van der Waals surface area contributed by atoms with Crippen LogP contribution < -0.4 is 11.4 Å². The molecule has 4 aliphatic rings. The first kappa shape index (κ1) is 45.4. The second-order valence-corrected chi connectivity index (χ2v) is 16.0. The summed E-state index contributed by atoms with van der Waals surface area (Å²) in [5, 5.41) is -0.389. The predicted octanol–water partition coefficient (Wildman–Crippen LogP) is 8.52. The van der Waals surface area contributed by atoms with Crippen LogP contribution in [0.15, 0.2) is 33.9 Å². The highest BCUT2D eigenvalue weighted by Gasteiger charge is 2.38. The summed E-state index contributed by atoms with van der Waals surface area (Å²) >= 11 is 5.88. The summed E-state index contributed by atoms with van der Waals surface area (Å²) in [5.41, 5.74) is -0.676. The Morgan fingerprint density at radius 2 is 1.12 bits per heavy atom. The van der Waals surface area contributed by atoms with Gasteiger partial charge in [0.25, 0.3) is 0 Å². The van der Waals surface area contributed by atoms with E-state index in [2.05, 4.69) is 26.7 Å². The summed E-state index contributed by atoms with van der Waals surface area (Å²) in [6.07, 6.45) is -1.76. The van der Waals surface area contributed by atoms with E-state index >= 15 is 0 Å². The lowest BCUT2D eigenvalue weighted by atomic mass is 9.87. The van der Waals surface area contributed by atoms with Crippen LogP contribution in [0.3, 0.4) is 0 Å². The molecule has 57 heavy (non-hydrogen) atoms. The molecule has 0 radical (unpaired) electrons. The number of benzene rings is 2. The molecular formula is C38H49Cl3F6N6O4. The molecule has 318 valence electrons. The molecule has 4 saturated heterocycles. The Labute approximate surface area is 343 Å². The molecular weight excluding hydrogens is 825 g/mol. The molecule has 2 N–H and O–H groups in total. The summed E-state index contributed by atoms with van der Waals surface area (Å²) in [4.78, 5) is 35.1. The number of aromatic nitrogens is 4. The third-order valence-corrected chi connectivity index (χ3v) is 12.5. The number of likely N-dealkylation sites (tertiary alicyclic amines) is 2. The van der Waals surface area contributed by atoms with Gasteiger partial charge in [-0.05, 0) is 95.0 Å². The molecule has 10 nitrogen and oxygen atoms in total. The first-order valence-corrected chi connectivity index (χ1v) is 19.4. The zero-order valence-corrected chi connectivity index (χ0v) is 34.1. The lowest BCUT2D eigenvalue weighted by Gasteiger charge is -2.47. The van der Waals surface area contributed by atoms with Crippen molar-refractivity contribution >= 4 is 58.5 Å². The number of hydrogen-bond donors (Lipinski definition) is 2. The summed E-state index contributed by atoms with van der Waals surface area (Å²) in [5.74, 6) is 0. The molecule has 0 saturated carbocycles. The van der Waals surface area contributed by atoms with Gasteiger partial charge in [0.2, 0.25) is 0 Å². The highest BCUT2D eigenvalue weighted by atomic mass is 35.5. The number of nitrogens with one attached hydrogen (secondary N) is 2. The maximum Gasteiger partial charge on any atom is 0.417 e. The van der Waals surface area contributed by atoms with Gasteiger partial charge in [-0.3, -0.25) is 14.0 Å². The minimum atomic E-state index is -4.56. The highest BCUT2D eigenvalue weighted by molar-refractivity contribution is 6.32. The first-order chi connectivity index (χ1) is 26.0. The zero-order valence-electron chi connectivity index (χ0n) is 31.7. The minimum Gasteiger partial charge on any atom is -0.381 e. The van der Waals surface area contributed by atoms with Crippen LogP contribution in [0, 0.1) is 6.92 Å². The fourth-order valence-corrected chi connectivity index (χ4v) is 9.29. The number of H-pyrrole nitrogens is 2. The summed E-state index contributed by atoms with van der Waals surface area (Å²) in [6, 6.07) is 5.21. The number of imidazole rings is 2. The van der Waals surface area contributed by atoms with E-state index in [4.69, 9.17) is 21.1 Å². The molecule has 4 aromatic rings. The lowest BCUT2D eigenvalue weighted by molar-refractivity contribution is -0.138. The lowest BCUT2D eigenvalue weighted by Crippen LogP contribution is -2.53. The third kappa shape index (κ3) is 9.52. The monoisotopic (exact) mass is 872 g/mol. The molecule has 6 heterocycles. The van der Waals surface area contributed by atoms with Gasteiger partial charge in [-0.15, -0.1) is 24.8 Å². The van der Waals surface area contributed by atoms with Crippen LogP contribution >= 0.6 is 36.4 Å². The average Bonchev–Trinajstić information content (AvgIpc) is 3.64. The van der Waals surface area contributed by atoms with E-state index < -0.39 is 23.5 Å². The average molecular weight is 874 g/mol. The van der Waals surface area contributed by atoms with Gasteiger partial charge in [-0.1, -0.05) is 11.6 Å². The number of aryl methyl sites for hydroxylation is 1. The standard InChI is InChI=1S/C19H23ClF3N3O2.C19H24F3N3O2.2ClH/c1-18(4-8-28-9-5-18)25-6-2-12(3-7-25)26-16-11-14(20)13(19(21,22)23)10-15(16)24-17(26)27;1-12-10-17-16(11-15(12)19(20,21)22)23-18(26)25(17)14-2-6-24(7-3-14)13-4-8-27-9-5-13;;/h10-12H,2-9H2,1H3,(H,24,27);10-11,13-14H,2-9H2,1H3,(H,23,26);2*1H. The predicted molar refractivity (Wildman–Crippen MR) is 211 cm³/mol.